The summed E-state index contributed by atoms with van der Waals surface area (Å²) in [5.74, 6) is 0.347. The van der Waals surface area contributed by atoms with E-state index in [1.807, 2.05) is 13.0 Å². The summed E-state index contributed by atoms with van der Waals surface area (Å²) in [4.78, 5) is 27.9. The minimum atomic E-state index is -0.270. The molecular weight excluding hydrogens is 328 g/mol. The maximum atomic E-state index is 12.4. The van der Waals surface area contributed by atoms with Gasteiger partial charge in [-0.25, -0.2) is 0 Å². The number of methoxy groups -OCH3 is 2. The van der Waals surface area contributed by atoms with E-state index < -0.39 is 0 Å². The van der Waals surface area contributed by atoms with Gasteiger partial charge in [0.25, 0.3) is 11.8 Å². The third kappa shape index (κ3) is 3.68. The molecule has 6 nitrogen and oxygen atoms in total. The largest absolute Gasteiger partial charge is 0.493 e. The van der Waals surface area contributed by atoms with Gasteiger partial charge in [-0.15, -0.1) is 11.3 Å². The Bertz CT molecular complexity index is 768. The molecule has 2 aromatic rings. The average Bonchev–Trinajstić information content (AvgIpc) is 3.00. The number of hydrogen-bond acceptors (Lipinski definition) is 5. The second-order valence-corrected chi connectivity index (χ2v) is 6.60. The monoisotopic (exact) mass is 348 g/mol. The van der Waals surface area contributed by atoms with E-state index in [-0.39, 0.29) is 11.8 Å². The molecule has 24 heavy (non-hydrogen) atoms. The van der Waals surface area contributed by atoms with Crippen LogP contribution in [0.15, 0.2) is 24.3 Å². The third-order valence-corrected chi connectivity index (χ3v) is 4.37. The Morgan fingerprint density at radius 1 is 1.08 bits per heavy atom. The first-order chi connectivity index (χ1) is 11.4. The van der Waals surface area contributed by atoms with Crippen molar-refractivity contribution >= 4 is 28.8 Å². The van der Waals surface area contributed by atoms with E-state index in [4.69, 9.17) is 9.47 Å². The number of rotatable bonds is 5. The lowest BCUT2D eigenvalue weighted by molar-refractivity contribution is 0.0828. The molecule has 0 unspecified atom stereocenters. The van der Waals surface area contributed by atoms with Crippen LogP contribution in [0.1, 0.15) is 24.9 Å². The average molecular weight is 348 g/mol. The highest BCUT2D eigenvalue weighted by Gasteiger charge is 2.20. The van der Waals surface area contributed by atoms with E-state index in [0.717, 1.165) is 4.88 Å². The van der Waals surface area contributed by atoms with Crippen LogP contribution in [0, 0.1) is 6.92 Å². The Morgan fingerprint density at radius 2 is 1.71 bits per heavy atom. The van der Waals surface area contributed by atoms with Crippen LogP contribution in [-0.4, -0.2) is 45.0 Å². The van der Waals surface area contributed by atoms with Gasteiger partial charge in [-0.05, 0) is 25.1 Å². The van der Waals surface area contributed by atoms with Crippen LogP contribution >= 0.6 is 11.3 Å². The Hall–Kier alpha value is -2.54. The first-order valence-electron chi connectivity index (χ1n) is 7.22. The van der Waals surface area contributed by atoms with Crippen LogP contribution < -0.4 is 14.8 Å². The SMILES string of the molecule is COc1cc(NC(=O)c2ccc(C)s2)c(C(=O)N(C)C)cc1OC. The van der Waals surface area contributed by atoms with Gasteiger partial charge in [0.1, 0.15) is 0 Å². The van der Waals surface area contributed by atoms with Gasteiger partial charge in [0, 0.05) is 25.0 Å². The Kier molecular flexibility index (Phi) is 5.46. The smallest absolute Gasteiger partial charge is 0.265 e. The molecule has 1 aromatic heterocycles. The quantitative estimate of drug-likeness (QED) is 0.902. The van der Waals surface area contributed by atoms with Crippen molar-refractivity contribution < 1.29 is 19.1 Å². The van der Waals surface area contributed by atoms with Crippen LogP contribution in [-0.2, 0) is 0 Å². The number of ether oxygens (including phenoxy) is 2. The zero-order valence-electron chi connectivity index (χ0n) is 14.3. The summed E-state index contributed by atoms with van der Waals surface area (Å²) in [7, 11) is 6.29. The van der Waals surface area contributed by atoms with Gasteiger partial charge in [0.2, 0.25) is 0 Å². The maximum Gasteiger partial charge on any atom is 0.265 e. The van der Waals surface area contributed by atoms with Gasteiger partial charge < -0.3 is 19.7 Å². The molecule has 0 atom stereocenters. The number of thiophene rings is 1. The number of nitrogens with one attached hydrogen (secondary N) is 1. The molecular formula is C17H20N2O4S. The van der Waals surface area contributed by atoms with Crippen molar-refractivity contribution in [3.8, 4) is 11.5 Å². The van der Waals surface area contributed by atoms with Gasteiger partial charge in [0.05, 0.1) is 30.3 Å². The minimum absolute atomic E-state index is 0.242. The van der Waals surface area contributed by atoms with Crippen molar-refractivity contribution in [2.75, 3.05) is 33.6 Å². The number of amides is 2. The summed E-state index contributed by atoms with van der Waals surface area (Å²) < 4.78 is 10.5. The fourth-order valence-electron chi connectivity index (χ4n) is 2.14. The number of carbonyl (C=O) groups is 2. The predicted octanol–water partition coefficient (Wildman–Crippen LogP) is 3.03. The standard InChI is InChI=1S/C17H20N2O4S/c1-10-6-7-15(24-10)16(20)18-12-9-14(23-5)13(22-4)8-11(12)17(21)19(2)3/h6-9H,1-5H3,(H,18,20). The Morgan fingerprint density at radius 3 is 2.21 bits per heavy atom. The molecule has 1 heterocycles. The van der Waals surface area contributed by atoms with Crippen LogP contribution in [0.5, 0.6) is 11.5 Å². The first-order valence-corrected chi connectivity index (χ1v) is 8.04. The summed E-state index contributed by atoms with van der Waals surface area (Å²) in [5, 5.41) is 2.79. The second kappa shape index (κ2) is 7.35. The van der Waals surface area contributed by atoms with Crippen molar-refractivity contribution in [3.05, 3.63) is 39.6 Å². The molecule has 0 saturated heterocycles. The van der Waals surface area contributed by atoms with Crippen molar-refractivity contribution in [2.45, 2.75) is 6.92 Å². The second-order valence-electron chi connectivity index (χ2n) is 5.32. The van der Waals surface area contributed by atoms with Gasteiger partial charge in [-0.2, -0.15) is 0 Å². The number of carbonyl (C=O) groups excluding carboxylic acids is 2. The van der Waals surface area contributed by atoms with E-state index in [1.54, 1.807) is 32.3 Å². The number of hydrogen-bond donors (Lipinski definition) is 1. The Balaban J connectivity index is 2.45. The van der Waals surface area contributed by atoms with E-state index in [1.165, 1.54) is 30.5 Å². The molecule has 2 amide bonds. The van der Waals surface area contributed by atoms with Crippen LogP contribution in [0.2, 0.25) is 0 Å². The molecule has 7 heteroatoms. The molecule has 1 aromatic carbocycles. The molecule has 128 valence electrons. The molecule has 0 aliphatic heterocycles. The lowest BCUT2D eigenvalue weighted by Gasteiger charge is -2.17. The number of benzene rings is 1. The van der Waals surface area contributed by atoms with E-state index in [9.17, 15) is 9.59 Å². The Labute approximate surface area is 145 Å². The summed E-state index contributed by atoms with van der Waals surface area (Å²) in [6.07, 6.45) is 0. The molecule has 0 bridgehead atoms. The number of anilines is 1. The molecule has 2 rings (SSSR count). The van der Waals surface area contributed by atoms with E-state index in [2.05, 4.69) is 5.32 Å². The zero-order chi connectivity index (χ0) is 17.9. The predicted molar refractivity (Wildman–Crippen MR) is 94.6 cm³/mol. The molecule has 0 aliphatic carbocycles. The highest BCUT2D eigenvalue weighted by molar-refractivity contribution is 7.14. The lowest BCUT2D eigenvalue weighted by Crippen LogP contribution is -2.24. The maximum absolute atomic E-state index is 12.4. The van der Waals surface area contributed by atoms with Crippen molar-refractivity contribution in [1.29, 1.82) is 0 Å². The van der Waals surface area contributed by atoms with Crippen LogP contribution in [0.3, 0.4) is 0 Å². The molecule has 0 spiro atoms. The topological polar surface area (TPSA) is 67.9 Å². The molecule has 0 fully saturated rings. The summed E-state index contributed by atoms with van der Waals surface area (Å²) in [6, 6.07) is 6.79. The number of nitrogens with zero attached hydrogens (tertiary/aromatic N) is 1. The van der Waals surface area contributed by atoms with Gasteiger partial charge in [0.15, 0.2) is 11.5 Å². The molecule has 1 N–H and O–H groups in total. The third-order valence-electron chi connectivity index (χ3n) is 3.37. The molecule has 0 aliphatic rings. The van der Waals surface area contributed by atoms with Crippen molar-refractivity contribution in [3.63, 3.8) is 0 Å². The summed E-state index contributed by atoms with van der Waals surface area (Å²) >= 11 is 1.39. The van der Waals surface area contributed by atoms with E-state index >= 15 is 0 Å². The number of aryl methyl sites for hydroxylation is 1. The van der Waals surface area contributed by atoms with Crippen LogP contribution in [0.25, 0.3) is 0 Å². The zero-order valence-corrected chi connectivity index (χ0v) is 15.1. The van der Waals surface area contributed by atoms with Crippen molar-refractivity contribution in [1.82, 2.24) is 4.90 Å². The van der Waals surface area contributed by atoms with Gasteiger partial charge in [-0.1, -0.05) is 0 Å². The summed E-state index contributed by atoms with van der Waals surface area (Å²) in [5.41, 5.74) is 0.710. The van der Waals surface area contributed by atoms with Gasteiger partial charge >= 0.3 is 0 Å². The summed E-state index contributed by atoms with van der Waals surface area (Å²) in [6.45, 7) is 1.93. The van der Waals surface area contributed by atoms with Crippen molar-refractivity contribution in [2.24, 2.45) is 0 Å². The highest BCUT2D eigenvalue weighted by Crippen LogP contribution is 2.34. The van der Waals surface area contributed by atoms with Gasteiger partial charge in [-0.3, -0.25) is 9.59 Å². The van der Waals surface area contributed by atoms with Crippen LogP contribution in [0.4, 0.5) is 5.69 Å². The molecule has 0 saturated carbocycles. The highest BCUT2D eigenvalue weighted by atomic mass is 32.1. The molecule has 0 radical (unpaired) electrons. The van der Waals surface area contributed by atoms with E-state index in [0.29, 0.717) is 27.6 Å². The lowest BCUT2D eigenvalue weighted by atomic mass is 10.1. The normalized spacial score (nSPS) is 10.2. The fraction of sp³-hybridized carbons (Fsp3) is 0.294. The minimum Gasteiger partial charge on any atom is -0.493 e. The first kappa shape index (κ1) is 17.8. The fourth-order valence-corrected chi connectivity index (χ4v) is 2.90.